The highest BCUT2D eigenvalue weighted by molar-refractivity contribution is 6.30. The normalized spacial score (nSPS) is 12.5. The van der Waals surface area contributed by atoms with Crippen LogP contribution in [0.5, 0.6) is 0 Å². The van der Waals surface area contributed by atoms with Crippen molar-refractivity contribution >= 4 is 23.2 Å². The van der Waals surface area contributed by atoms with Gasteiger partial charge in [-0.25, -0.2) is 4.39 Å². The first kappa shape index (κ1) is 12.4. The molecule has 0 radical (unpaired) electrons. The van der Waals surface area contributed by atoms with Gasteiger partial charge in [0.05, 0.1) is 5.38 Å². The fraction of sp³-hybridized carbons (Fsp3) is 0.143. The fourth-order valence-electron chi connectivity index (χ4n) is 1.73. The summed E-state index contributed by atoms with van der Waals surface area (Å²) in [4.78, 5) is 0. The molecule has 0 bridgehead atoms. The minimum absolute atomic E-state index is 0.259. The molecule has 3 heteroatoms. The van der Waals surface area contributed by atoms with Gasteiger partial charge in [0.15, 0.2) is 0 Å². The maximum atomic E-state index is 12.8. The second kappa shape index (κ2) is 5.07. The molecule has 1 unspecified atom stereocenters. The van der Waals surface area contributed by atoms with Crippen molar-refractivity contribution in [2.24, 2.45) is 0 Å². The van der Waals surface area contributed by atoms with E-state index in [4.69, 9.17) is 23.2 Å². The fourth-order valence-corrected chi connectivity index (χ4v) is 2.35. The van der Waals surface area contributed by atoms with E-state index < -0.39 is 0 Å². The van der Waals surface area contributed by atoms with Crippen LogP contribution in [0.25, 0.3) is 0 Å². The third-order valence-electron chi connectivity index (χ3n) is 2.67. The SMILES string of the molecule is Cc1cc(Cl)ccc1C(Cl)c1ccc(F)cc1. The second-order valence-corrected chi connectivity index (χ2v) is 4.79. The predicted octanol–water partition coefficient (Wildman–Crippen LogP) is 5.12. The minimum atomic E-state index is -0.284. The monoisotopic (exact) mass is 268 g/mol. The summed E-state index contributed by atoms with van der Waals surface area (Å²) in [6, 6.07) is 11.8. The van der Waals surface area contributed by atoms with Crippen LogP contribution in [0.2, 0.25) is 5.02 Å². The molecule has 0 amide bonds. The molecular weight excluding hydrogens is 258 g/mol. The highest BCUT2D eigenvalue weighted by Crippen LogP contribution is 2.32. The summed E-state index contributed by atoms with van der Waals surface area (Å²) in [6.07, 6.45) is 0. The molecule has 0 saturated carbocycles. The first-order valence-electron chi connectivity index (χ1n) is 5.23. The Labute approximate surface area is 110 Å². The summed E-state index contributed by atoms with van der Waals surface area (Å²) in [5.41, 5.74) is 2.89. The van der Waals surface area contributed by atoms with E-state index in [0.29, 0.717) is 5.02 Å². The van der Waals surface area contributed by atoms with Gasteiger partial charge in [-0.1, -0.05) is 29.8 Å². The molecule has 0 N–H and O–H groups in total. The van der Waals surface area contributed by atoms with E-state index in [2.05, 4.69) is 0 Å². The number of halogens is 3. The molecule has 0 heterocycles. The van der Waals surface area contributed by atoms with Crippen LogP contribution in [-0.2, 0) is 0 Å². The highest BCUT2D eigenvalue weighted by atomic mass is 35.5. The summed E-state index contributed by atoms with van der Waals surface area (Å²) in [6.45, 7) is 1.96. The molecule has 2 aromatic rings. The van der Waals surface area contributed by atoms with Crippen LogP contribution in [0.3, 0.4) is 0 Å². The number of hydrogen-bond donors (Lipinski definition) is 0. The third kappa shape index (κ3) is 2.80. The van der Waals surface area contributed by atoms with Crippen LogP contribution < -0.4 is 0 Å². The number of benzene rings is 2. The average molecular weight is 269 g/mol. The van der Waals surface area contributed by atoms with Gasteiger partial charge < -0.3 is 0 Å². The largest absolute Gasteiger partial charge is 0.207 e. The maximum Gasteiger partial charge on any atom is 0.123 e. The molecule has 88 valence electrons. The van der Waals surface area contributed by atoms with Gasteiger partial charge in [-0.05, 0) is 47.9 Å². The lowest BCUT2D eigenvalue weighted by Gasteiger charge is -2.13. The second-order valence-electron chi connectivity index (χ2n) is 3.92. The summed E-state index contributed by atoms with van der Waals surface area (Å²) in [7, 11) is 0. The third-order valence-corrected chi connectivity index (χ3v) is 3.39. The number of aryl methyl sites for hydroxylation is 1. The van der Waals surface area contributed by atoms with Gasteiger partial charge in [0, 0.05) is 5.02 Å². The van der Waals surface area contributed by atoms with Gasteiger partial charge in [-0.2, -0.15) is 0 Å². The molecule has 2 rings (SSSR count). The van der Waals surface area contributed by atoms with Crippen molar-refractivity contribution in [2.45, 2.75) is 12.3 Å². The smallest absolute Gasteiger partial charge is 0.123 e. The van der Waals surface area contributed by atoms with Crippen LogP contribution in [0.4, 0.5) is 4.39 Å². The zero-order valence-electron chi connectivity index (χ0n) is 9.25. The van der Waals surface area contributed by atoms with Crippen molar-refractivity contribution in [3.8, 4) is 0 Å². The summed E-state index contributed by atoms with van der Waals surface area (Å²) in [5, 5.41) is 0.405. The molecule has 1 atom stereocenters. The molecule has 0 aliphatic rings. The number of hydrogen-bond acceptors (Lipinski definition) is 0. The Kier molecular flexibility index (Phi) is 3.70. The van der Waals surface area contributed by atoms with Crippen molar-refractivity contribution in [1.82, 2.24) is 0 Å². The topological polar surface area (TPSA) is 0 Å². The molecule has 0 saturated heterocycles. The molecule has 0 aliphatic heterocycles. The first-order chi connectivity index (χ1) is 8.08. The quantitative estimate of drug-likeness (QED) is 0.664. The molecule has 0 fully saturated rings. The standard InChI is InChI=1S/C14H11Cl2F/c1-9-8-11(15)4-7-13(9)14(16)10-2-5-12(17)6-3-10/h2-8,14H,1H3. The van der Waals surface area contributed by atoms with Gasteiger partial charge in [0.25, 0.3) is 0 Å². The Hall–Kier alpha value is -1.05. The molecule has 0 aromatic heterocycles. The van der Waals surface area contributed by atoms with E-state index in [1.165, 1.54) is 12.1 Å². The van der Waals surface area contributed by atoms with E-state index >= 15 is 0 Å². The van der Waals surface area contributed by atoms with E-state index in [0.717, 1.165) is 16.7 Å². The zero-order valence-corrected chi connectivity index (χ0v) is 10.8. The Bertz CT molecular complexity index is 520. The van der Waals surface area contributed by atoms with Crippen molar-refractivity contribution < 1.29 is 4.39 Å². The molecule has 2 aromatic carbocycles. The van der Waals surface area contributed by atoms with Crippen LogP contribution in [0.15, 0.2) is 42.5 Å². The molecule has 0 spiro atoms. The minimum Gasteiger partial charge on any atom is -0.207 e. The van der Waals surface area contributed by atoms with E-state index in [1.807, 2.05) is 25.1 Å². The van der Waals surface area contributed by atoms with Crippen molar-refractivity contribution in [2.75, 3.05) is 0 Å². The van der Waals surface area contributed by atoms with Gasteiger partial charge in [0.1, 0.15) is 5.82 Å². The summed E-state index contributed by atoms with van der Waals surface area (Å²) in [5.74, 6) is -0.259. The number of rotatable bonds is 2. The van der Waals surface area contributed by atoms with Gasteiger partial charge in [0.2, 0.25) is 0 Å². The Morgan fingerprint density at radius 3 is 2.29 bits per heavy atom. The Morgan fingerprint density at radius 2 is 1.71 bits per heavy atom. The lowest BCUT2D eigenvalue weighted by atomic mass is 10.00. The Morgan fingerprint density at radius 1 is 1.06 bits per heavy atom. The van der Waals surface area contributed by atoms with Crippen LogP contribution in [0, 0.1) is 12.7 Å². The van der Waals surface area contributed by atoms with Gasteiger partial charge in [-0.3, -0.25) is 0 Å². The predicted molar refractivity (Wildman–Crippen MR) is 70.3 cm³/mol. The first-order valence-corrected chi connectivity index (χ1v) is 6.05. The van der Waals surface area contributed by atoms with Gasteiger partial charge in [-0.15, -0.1) is 11.6 Å². The summed E-state index contributed by atoms with van der Waals surface area (Å²) < 4.78 is 12.8. The molecule has 0 aliphatic carbocycles. The average Bonchev–Trinajstić information content (AvgIpc) is 2.29. The van der Waals surface area contributed by atoms with Crippen LogP contribution >= 0.6 is 23.2 Å². The van der Waals surface area contributed by atoms with E-state index in [1.54, 1.807) is 12.1 Å². The lowest BCUT2D eigenvalue weighted by Crippen LogP contribution is -1.96. The summed E-state index contributed by atoms with van der Waals surface area (Å²) >= 11 is 12.3. The number of alkyl halides is 1. The molecule has 0 nitrogen and oxygen atoms in total. The zero-order chi connectivity index (χ0) is 12.4. The van der Waals surface area contributed by atoms with Gasteiger partial charge >= 0.3 is 0 Å². The Balaban J connectivity index is 2.36. The van der Waals surface area contributed by atoms with Crippen LogP contribution in [-0.4, -0.2) is 0 Å². The van der Waals surface area contributed by atoms with Crippen LogP contribution in [0.1, 0.15) is 22.1 Å². The van der Waals surface area contributed by atoms with Crippen molar-refractivity contribution in [3.05, 3.63) is 70.0 Å². The molecule has 17 heavy (non-hydrogen) atoms. The van der Waals surface area contributed by atoms with E-state index in [-0.39, 0.29) is 11.2 Å². The lowest BCUT2D eigenvalue weighted by molar-refractivity contribution is 0.627. The molecular formula is C14H11Cl2F. The van der Waals surface area contributed by atoms with E-state index in [9.17, 15) is 4.39 Å². The highest BCUT2D eigenvalue weighted by Gasteiger charge is 2.13. The maximum absolute atomic E-state index is 12.8. The van der Waals surface area contributed by atoms with Crippen molar-refractivity contribution in [1.29, 1.82) is 0 Å². The van der Waals surface area contributed by atoms with Crippen molar-refractivity contribution in [3.63, 3.8) is 0 Å².